The number of carbonyl (C=O) groups excluding carboxylic acids is 4. The van der Waals surface area contributed by atoms with Crippen LogP contribution in [0.4, 0.5) is 23.8 Å². The summed E-state index contributed by atoms with van der Waals surface area (Å²) in [5, 5.41) is 2.75. The van der Waals surface area contributed by atoms with Crippen LogP contribution in [0.5, 0.6) is 0 Å². The first-order valence-electron chi connectivity index (χ1n) is 26.1. The van der Waals surface area contributed by atoms with E-state index in [0.29, 0.717) is 23.4 Å². The molecule has 6 aromatic carbocycles. The summed E-state index contributed by atoms with van der Waals surface area (Å²) < 4.78 is 56.3. The highest BCUT2D eigenvalue weighted by atomic mass is 32.2. The number of amides is 2. The Kier molecular flexibility index (Phi) is 19.2. The second-order valence-electron chi connectivity index (χ2n) is 19.6. The number of thioether (sulfide) groups is 1. The van der Waals surface area contributed by atoms with E-state index in [0.717, 1.165) is 51.1 Å². The Morgan fingerprint density at radius 2 is 1.25 bits per heavy atom. The summed E-state index contributed by atoms with van der Waals surface area (Å²) in [5.41, 5.74) is 7.79. The number of nitrogens with one attached hydrogen (secondary N) is 1. The van der Waals surface area contributed by atoms with Crippen molar-refractivity contribution >= 4 is 41.5 Å². The quantitative estimate of drug-likeness (QED) is 0.0217. The molecule has 0 saturated carbocycles. The molecule has 1 aromatic heterocycles. The predicted molar refractivity (Wildman–Crippen MR) is 302 cm³/mol. The van der Waals surface area contributed by atoms with E-state index < -0.39 is 58.5 Å². The van der Waals surface area contributed by atoms with Gasteiger partial charge >= 0.3 is 24.2 Å². The molecule has 11 nitrogen and oxygen atoms in total. The Bertz CT molecular complexity index is 3060. The highest BCUT2D eigenvalue weighted by molar-refractivity contribution is 8.00. The van der Waals surface area contributed by atoms with Gasteiger partial charge in [-0.25, -0.2) is 14.6 Å². The number of fused-ring (bicyclic) bond motifs is 3. The minimum Gasteiger partial charge on any atom is -0.468 e. The number of allylic oxidation sites excluding steroid dienone is 1. The monoisotopic (exact) mass is 1090 g/mol. The molecule has 1 heterocycles. The molecule has 7 aromatic rings. The van der Waals surface area contributed by atoms with E-state index in [4.69, 9.17) is 19.2 Å². The van der Waals surface area contributed by atoms with Crippen molar-refractivity contribution in [3.8, 4) is 11.1 Å². The molecule has 0 spiro atoms. The first-order valence-corrected chi connectivity index (χ1v) is 27.1. The van der Waals surface area contributed by atoms with Gasteiger partial charge in [-0.05, 0) is 92.9 Å². The van der Waals surface area contributed by atoms with Gasteiger partial charge in [-0.2, -0.15) is 13.2 Å². The first-order chi connectivity index (χ1) is 38.1. The Hall–Kier alpha value is -8.01. The Labute approximate surface area is 463 Å². The van der Waals surface area contributed by atoms with Crippen LogP contribution < -0.4 is 10.2 Å². The number of alkyl halides is 3. The number of pyridine rings is 1. The molecule has 0 fully saturated rings. The molecule has 15 heteroatoms. The van der Waals surface area contributed by atoms with Gasteiger partial charge in [0.05, 0.1) is 36.1 Å². The van der Waals surface area contributed by atoms with Crippen molar-refractivity contribution in [3.63, 3.8) is 0 Å². The maximum atomic E-state index is 14.4. The van der Waals surface area contributed by atoms with Crippen LogP contribution in [-0.4, -0.2) is 79.0 Å². The minimum absolute atomic E-state index is 0.0434. The molecule has 0 saturated heterocycles. The highest BCUT2D eigenvalue weighted by Gasteiger charge is 2.37. The highest BCUT2D eigenvalue weighted by Crippen LogP contribution is 2.49. The summed E-state index contributed by atoms with van der Waals surface area (Å²) in [5.74, 6) is -1.49. The van der Waals surface area contributed by atoms with Crippen molar-refractivity contribution in [2.75, 3.05) is 38.0 Å². The molecular formula is C64H63F3N4O7S. The lowest BCUT2D eigenvalue weighted by atomic mass is 9.84. The summed E-state index contributed by atoms with van der Waals surface area (Å²) in [6.45, 7) is 3.61. The number of alkyl carbamates (subject to hydrolysis) is 1. The van der Waals surface area contributed by atoms with Crippen molar-refractivity contribution in [2.24, 2.45) is 5.92 Å². The molecule has 1 aliphatic rings. The number of anilines is 1. The Morgan fingerprint density at radius 1 is 0.696 bits per heavy atom. The fourth-order valence-electron chi connectivity index (χ4n) is 9.81. The van der Waals surface area contributed by atoms with Gasteiger partial charge in [0, 0.05) is 26.1 Å². The van der Waals surface area contributed by atoms with E-state index >= 15 is 0 Å². The Balaban J connectivity index is 1.000. The van der Waals surface area contributed by atoms with Crippen LogP contribution in [0.3, 0.4) is 0 Å². The average Bonchev–Trinajstić information content (AvgIpc) is 3.82. The molecule has 8 rings (SSSR count). The maximum Gasteiger partial charge on any atom is 0.416 e. The summed E-state index contributed by atoms with van der Waals surface area (Å²) in [6.07, 6.45) is -2.52. The number of esters is 2. The van der Waals surface area contributed by atoms with Gasteiger partial charge in [-0.1, -0.05) is 178 Å². The summed E-state index contributed by atoms with van der Waals surface area (Å²) in [7, 11) is 2.79. The zero-order valence-electron chi connectivity index (χ0n) is 44.5. The van der Waals surface area contributed by atoms with Crippen molar-refractivity contribution in [3.05, 3.63) is 239 Å². The molecule has 2 amide bonds. The van der Waals surface area contributed by atoms with Crippen LogP contribution in [0.2, 0.25) is 0 Å². The second kappa shape index (κ2) is 26.6. The molecule has 1 aliphatic carbocycles. The molecule has 0 aliphatic heterocycles. The van der Waals surface area contributed by atoms with Crippen molar-refractivity contribution < 1.29 is 46.6 Å². The van der Waals surface area contributed by atoms with E-state index in [9.17, 15) is 32.3 Å². The smallest absolute Gasteiger partial charge is 0.416 e. The number of aromatic nitrogens is 1. The standard InChI is InChI=1S/C64H63F3N4O7S/c1-44(2)60(69-62(75)77-43-56-54-31-16-14-29-52(54)53-30-15-17-32-55(53)56)61(74)78-51(28-18-19-38-79-63(46-21-8-5-9-22-46,47-23-10-6-11-24-47)48-25-12-7-13-26-48)39-58(72)70(3)57-33-20-27-50(68-57)41-71(42-59(73)76-4)40-45-34-36-49(37-35-45)64(65,66)67/h5-18,20-37,44,51,56,60H,19,38-43H2,1-4H3,(H,69,75)/b28-18+/t51-,60-/m1/s1. The lowest BCUT2D eigenvalue weighted by Gasteiger charge is -2.35. The molecule has 79 heavy (non-hydrogen) atoms. The second-order valence-corrected chi connectivity index (χ2v) is 20.9. The normalized spacial score (nSPS) is 13.1. The maximum absolute atomic E-state index is 14.4. The molecule has 0 radical (unpaired) electrons. The topological polar surface area (TPSA) is 127 Å². The number of methoxy groups -OCH3 is 1. The number of carbonyl (C=O) groups is 4. The number of ether oxygens (including phenoxy) is 3. The molecule has 1 N–H and O–H groups in total. The minimum atomic E-state index is -4.50. The third-order valence-corrected chi connectivity index (χ3v) is 15.4. The van der Waals surface area contributed by atoms with E-state index in [2.05, 4.69) is 41.7 Å². The van der Waals surface area contributed by atoms with Crippen LogP contribution in [0.1, 0.15) is 77.2 Å². The van der Waals surface area contributed by atoms with Crippen molar-refractivity contribution in [2.45, 2.75) is 68.8 Å². The number of nitrogens with zero attached hydrogens (tertiary/aromatic N) is 3. The molecule has 2 atom stereocenters. The van der Waals surface area contributed by atoms with E-state index in [-0.39, 0.29) is 44.4 Å². The van der Waals surface area contributed by atoms with Crippen molar-refractivity contribution in [1.29, 1.82) is 0 Å². The van der Waals surface area contributed by atoms with Crippen LogP contribution in [0.15, 0.2) is 194 Å². The van der Waals surface area contributed by atoms with E-state index in [1.807, 2.05) is 109 Å². The van der Waals surface area contributed by atoms with Crippen molar-refractivity contribution in [1.82, 2.24) is 15.2 Å². The largest absolute Gasteiger partial charge is 0.468 e. The van der Waals surface area contributed by atoms with Gasteiger partial charge in [0.25, 0.3) is 0 Å². The fraction of sp³-hybridized carbons (Fsp3) is 0.266. The zero-order valence-corrected chi connectivity index (χ0v) is 45.3. The molecule has 408 valence electrons. The molecule has 0 bridgehead atoms. The van der Waals surface area contributed by atoms with Crippen LogP contribution in [0, 0.1) is 5.92 Å². The lowest BCUT2D eigenvalue weighted by Crippen LogP contribution is -2.47. The van der Waals surface area contributed by atoms with E-state index in [1.165, 1.54) is 24.1 Å². The summed E-state index contributed by atoms with van der Waals surface area (Å²) >= 11 is 1.77. The Morgan fingerprint density at radius 3 is 1.80 bits per heavy atom. The summed E-state index contributed by atoms with van der Waals surface area (Å²) in [4.78, 5) is 62.5. The van der Waals surface area contributed by atoms with Gasteiger partial charge in [0.2, 0.25) is 5.91 Å². The molecule has 0 unspecified atom stereocenters. The number of benzene rings is 6. The number of halogens is 3. The van der Waals surface area contributed by atoms with E-state index in [1.54, 1.807) is 61.8 Å². The van der Waals surface area contributed by atoms with Gasteiger partial charge in [-0.15, -0.1) is 11.8 Å². The SMILES string of the molecule is COC(=O)CN(Cc1ccc(C(F)(F)F)cc1)Cc1cccc(N(C)C(=O)C[C@@H](/C=C/CCSC(c2ccccc2)(c2ccccc2)c2ccccc2)OC(=O)[C@H](NC(=O)OCC2c3ccccc3-c3ccccc32)C(C)C)n1. The number of rotatable bonds is 23. The van der Waals surface area contributed by atoms with Crippen LogP contribution in [0.25, 0.3) is 11.1 Å². The van der Waals surface area contributed by atoms with Gasteiger partial charge < -0.3 is 19.5 Å². The van der Waals surface area contributed by atoms with Crippen LogP contribution >= 0.6 is 11.8 Å². The average molecular weight is 1090 g/mol. The van der Waals surface area contributed by atoms with Crippen LogP contribution in [-0.2, 0) is 52.6 Å². The predicted octanol–water partition coefficient (Wildman–Crippen LogP) is 12.8. The fourth-order valence-corrected chi connectivity index (χ4v) is 11.3. The molecular weight excluding hydrogens is 1030 g/mol. The first kappa shape index (κ1) is 57.2. The number of hydrogen-bond donors (Lipinski definition) is 1. The van der Waals surface area contributed by atoms with Gasteiger partial charge in [-0.3, -0.25) is 19.4 Å². The van der Waals surface area contributed by atoms with Gasteiger partial charge in [0.1, 0.15) is 24.6 Å². The van der Waals surface area contributed by atoms with Gasteiger partial charge in [0.15, 0.2) is 0 Å². The third kappa shape index (κ3) is 14.4. The summed E-state index contributed by atoms with van der Waals surface area (Å²) in [6, 6.07) is 55.6. The number of hydrogen-bond acceptors (Lipinski definition) is 10. The third-order valence-electron chi connectivity index (χ3n) is 13.8. The zero-order chi connectivity index (χ0) is 55.9. The lowest BCUT2D eigenvalue weighted by molar-refractivity contribution is -0.151.